The van der Waals surface area contributed by atoms with Gasteiger partial charge in [0.05, 0.1) is 6.42 Å². The molecule has 6 heteroatoms. The average Bonchev–Trinajstić information content (AvgIpc) is 2.41. The number of carbonyl (C=O) groups is 2. The number of amides is 2. The molecule has 0 unspecified atom stereocenters. The van der Waals surface area contributed by atoms with Crippen molar-refractivity contribution in [3.63, 3.8) is 0 Å². The van der Waals surface area contributed by atoms with E-state index in [2.05, 4.69) is 15.8 Å². The van der Waals surface area contributed by atoms with Crippen molar-refractivity contribution in [3.8, 4) is 0 Å². The third-order valence-corrected chi connectivity index (χ3v) is 3.06. The molecule has 0 atom stereocenters. The highest BCUT2D eigenvalue weighted by molar-refractivity contribution is 6.31. The van der Waals surface area contributed by atoms with Crippen molar-refractivity contribution in [2.24, 2.45) is 5.10 Å². The van der Waals surface area contributed by atoms with E-state index in [0.29, 0.717) is 22.8 Å². The highest BCUT2D eigenvalue weighted by atomic mass is 35.5. The van der Waals surface area contributed by atoms with Crippen LogP contribution in [0.1, 0.15) is 32.3 Å². The first kappa shape index (κ1) is 16.2. The molecule has 0 aliphatic carbocycles. The number of nitrogens with zero attached hydrogens (tertiary/aromatic N) is 1. The molecule has 2 amide bonds. The van der Waals surface area contributed by atoms with E-state index < -0.39 is 0 Å². The monoisotopic (exact) mass is 295 g/mol. The summed E-state index contributed by atoms with van der Waals surface area (Å²) in [5.41, 5.74) is 4.39. The minimum atomic E-state index is -0.206. The number of hydrogen-bond donors (Lipinski definition) is 2. The smallest absolute Gasteiger partial charge is 0.239 e. The molecular formula is C14H18ClN3O2. The highest BCUT2D eigenvalue weighted by Gasteiger charge is 2.08. The maximum Gasteiger partial charge on any atom is 0.239 e. The van der Waals surface area contributed by atoms with E-state index in [1.165, 1.54) is 0 Å². The maximum absolute atomic E-state index is 11.9. The van der Waals surface area contributed by atoms with Gasteiger partial charge in [0.15, 0.2) is 0 Å². The SMILES string of the molecule is CCC(=O)NN=C(C)CC(=O)Nc1cccc(Cl)c1C. The first-order chi connectivity index (χ1) is 9.43. The van der Waals surface area contributed by atoms with Crippen LogP contribution in [0.15, 0.2) is 23.3 Å². The Morgan fingerprint density at radius 2 is 2.00 bits per heavy atom. The summed E-state index contributed by atoms with van der Waals surface area (Å²) in [5, 5.41) is 7.21. The van der Waals surface area contributed by atoms with Crippen LogP contribution in [0.4, 0.5) is 5.69 Å². The molecule has 1 aromatic rings. The fraction of sp³-hybridized carbons (Fsp3) is 0.357. The lowest BCUT2D eigenvalue weighted by molar-refractivity contribution is -0.121. The van der Waals surface area contributed by atoms with Crippen LogP contribution in [-0.2, 0) is 9.59 Å². The van der Waals surface area contributed by atoms with Crippen molar-refractivity contribution in [2.75, 3.05) is 5.32 Å². The van der Waals surface area contributed by atoms with Crippen molar-refractivity contribution in [2.45, 2.75) is 33.6 Å². The second-order valence-electron chi connectivity index (χ2n) is 4.37. The van der Waals surface area contributed by atoms with Gasteiger partial charge >= 0.3 is 0 Å². The number of rotatable bonds is 5. The molecule has 5 nitrogen and oxygen atoms in total. The zero-order valence-corrected chi connectivity index (χ0v) is 12.5. The third-order valence-electron chi connectivity index (χ3n) is 2.65. The van der Waals surface area contributed by atoms with E-state index in [0.717, 1.165) is 5.56 Å². The largest absolute Gasteiger partial charge is 0.325 e. The fourth-order valence-electron chi connectivity index (χ4n) is 1.45. The Kier molecular flexibility index (Phi) is 6.18. The van der Waals surface area contributed by atoms with Gasteiger partial charge < -0.3 is 5.32 Å². The first-order valence-electron chi connectivity index (χ1n) is 6.31. The van der Waals surface area contributed by atoms with Crippen LogP contribution < -0.4 is 10.7 Å². The van der Waals surface area contributed by atoms with E-state index in [9.17, 15) is 9.59 Å². The van der Waals surface area contributed by atoms with Crippen molar-refractivity contribution < 1.29 is 9.59 Å². The standard InChI is InChI=1S/C14H18ClN3O2/c1-4-13(19)18-17-9(2)8-14(20)16-12-7-5-6-11(15)10(12)3/h5-7H,4,8H2,1-3H3,(H,16,20)(H,18,19). The van der Waals surface area contributed by atoms with Gasteiger partial charge in [0.1, 0.15) is 0 Å². The van der Waals surface area contributed by atoms with E-state index in [1.807, 2.05) is 6.92 Å². The Bertz CT molecular complexity index is 541. The number of nitrogens with one attached hydrogen (secondary N) is 2. The minimum Gasteiger partial charge on any atom is -0.325 e. The van der Waals surface area contributed by atoms with Crippen molar-refractivity contribution in [1.29, 1.82) is 0 Å². The number of hydrogen-bond acceptors (Lipinski definition) is 3. The quantitative estimate of drug-likeness (QED) is 0.648. The van der Waals surface area contributed by atoms with E-state index >= 15 is 0 Å². The molecule has 0 bridgehead atoms. The van der Waals surface area contributed by atoms with Gasteiger partial charge in [0.2, 0.25) is 11.8 Å². The first-order valence-corrected chi connectivity index (χ1v) is 6.68. The van der Waals surface area contributed by atoms with Crippen LogP contribution >= 0.6 is 11.6 Å². The molecule has 0 aliphatic heterocycles. The zero-order chi connectivity index (χ0) is 15.1. The minimum absolute atomic E-state index is 0.107. The molecule has 0 saturated heterocycles. The Labute approximate surface area is 123 Å². The lowest BCUT2D eigenvalue weighted by Crippen LogP contribution is -2.20. The van der Waals surface area contributed by atoms with Gasteiger partial charge in [-0.3, -0.25) is 9.59 Å². The zero-order valence-electron chi connectivity index (χ0n) is 11.8. The molecule has 0 aromatic heterocycles. The van der Waals surface area contributed by atoms with Crippen molar-refractivity contribution >= 4 is 34.8 Å². The Morgan fingerprint density at radius 1 is 1.30 bits per heavy atom. The molecule has 0 aliphatic rings. The second kappa shape index (κ2) is 7.65. The van der Waals surface area contributed by atoms with Gasteiger partial charge in [-0.1, -0.05) is 24.6 Å². The topological polar surface area (TPSA) is 70.6 Å². The van der Waals surface area contributed by atoms with Crippen LogP contribution in [0.2, 0.25) is 5.02 Å². The number of halogens is 1. The summed E-state index contributed by atoms with van der Waals surface area (Å²) < 4.78 is 0. The third kappa shape index (κ3) is 5.01. The number of hydrazone groups is 1. The molecule has 0 spiro atoms. The summed E-state index contributed by atoms with van der Waals surface area (Å²) in [7, 11) is 0. The van der Waals surface area contributed by atoms with Crippen LogP contribution in [0, 0.1) is 6.92 Å². The summed E-state index contributed by atoms with van der Waals surface area (Å²) in [4.78, 5) is 22.9. The fourth-order valence-corrected chi connectivity index (χ4v) is 1.62. The van der Waals surface area contributed by atoms with Gasteiger partial charge in [-0.15, -0.1) is 0 Å². The Balaban J connectivity index is 2.59. The Morgan fingerprint density at radius 3 is 2.65 bits per heavy atom. The number of anilines is 1. The van der Waals surface area contributed by atoms with E-state index in [-0.39, 0.29) is 18.2 Å². The molecule has 2 N–H and O–H groups in total. The average molecular weight is 296 g/mol. The highest BCUT2D eigenvalue weighted by Crippen LogP contribution is 2.22. The van der Waals surface area contributed by atoms with E-state index in [1.54, 1.807) is 32.0 Å². The number of carbonyl (C=O) groups excluding carboxylic acids is 2. The van der Waals surface area contributed by atoms with Gasteiger partial charge in [-0.2, -0.15) is 5.10 Å². The Hall–Kier alpha value is -1.88. The van der Waals surface area contributed by atoms with Crippen LogP contribution in [0.3, 0.4) is 0 Å². The van der Waals surface area contributed by atoms with Crippen LogP contribution in [0.25, 0.3) is 0 Å². The molecule has 0 saturated carbocycles. The van der Waals surface area contributed by atoms with Gasteiger partial charge in [-0.05, 0) is 31.5 Å². The predicted molar refractivity (Wildman–Crippen MR) is 81.0 cm³/mol. The molecular weight excluding hydrogens is 278 g/mol. The van der Waals surface area contributed by atoms with Gasteiger partial charge in [0.25, 0.3) is 0 Å². The van der Waals surface area contributed by atoms with Gasteiger partial charge in [-0.25, -0.2) is 5.43 Å². The van der Waals surface area contributed by atoms with E-state index in [4.69, 9.17) is 11.6 Å². The van der Waals surface area contributed by atoms with Crippen LogP contribution in [-0.4, -0.2) is 17.5 Å². The van der Waals surface area contributed by atoms with Gasteiger partial charge in [0, 0.05) is 22.8 Å². The lowest BCUT2D eigenvalue weighted by Gasteiger charge is -2.09. The van der Waals surface area contributed by atoms with Crippen molar-refractivity contribution in [1.82, 2.24) is 5.43 Å². The molecule has 0 heterocycles. The predicted octanol–water partition coefficient (Wildman–Crippen LogP) is 2.88. The summed E-state index contributed by atoms with van der Waals surface area (Å²) in [5.74, 6) is -0.391. The second-order valence-corrected chi connectivity index (χ2v) is 4.78. The summed E-state index contributed by atoms with van der Waals surface area (Å²) >= 11 is 5.98. The summed E-state index contributed by atoms with van der Waals surface area (Å²) in [6.07, 6.45) is 0.459. The molecule has 1 aromatic carbocycles. The molecule has 1 rings (SSSR count). The lowest BCUT2D eigenvalue weighted by atomic mass is 10.2. The molecule has 0 fully saturated rings. The van der Waals surface area contributed by atoms with Crippen molar-refractivity contribution in [3.05, 3.63) is 28.8 Å². The maximum atomic E-state index is 11.9. The normalized spacial score (nSPS) is 11.1. The summed E-state index contributed by atoms with van der Waals surface area (Å²) in [6.45, 7) is 5.25. The van der Waals surface area contributed by atoms with Crippen LogP contribution in [0.5, 0.6) is 0 Å². The molecule has 20 heavy (non-hydrogen) atoms. The molecule has 0 radical (unpaired) electrons. The summed E-state index contributed by atoms with van der Waals surface area (Å²) in [6, 6.07) is 5.32. The molecule has 108 valence electrons. The number of benzene rings is 1.